The van der Waals surface area contributed by atoms with Gasteiger partial charge in [-0.05, 0) is 43.5 Å². The summed E-state index contributed by atoms with van der Waals surface area (Å²) in [5, 5.41) is 10.0. The van der Waals surface area contributed by atoms with E-state index in [1.807, 2.05) is 49.4 Å². The Labute approximate surface area is 175 Å². The minimum atomic E-state index is -1.70. The summed E-state index contributed by atoms with van der Waals surface area (Å²) in [5.74, 6) is -0.111. The first-order chi connectivity index (χ1) is 14.4. The maximum atomic E-state index is 13.1. The van der Waals surface area contributed by atoms with Gasteiger partial charge in [-0.2, -0.15) is 5.10 Å². The molecule has 154 valence electrons. The number of nitrogens with one attached hydrogen (secondary N) is 2. The van der Waals surface area contributed by atoms with Crippen LogP contribution in [0.25, 0.3) is 0 Å². The Morgan fingerprint density at radius 3 is 2.73 bits per heavy atom. The van der Waals surface area contributed by atoms with Crippen LogP contribution in [0.4, 0.5) is 11.5 Å². The molecule has 1 aliphatic heterocycles. The quantitative estimate of drug-likeness (QED) is 0.631. The summed E-state index contributed by atoms with van der Waals surface area (Å²) >= 11 is 0. The van der Waals surface area contributed by atoms with Crippen LogP contribution in [-0.4, -0.2) is 27.2 Å². The number of amides is 2. The second-order valence-corrected chi connectivity index (χ2v) is 7.54. The molecule has 7 nitrogen and oxygen atoms in total. The molecule has 2 aromatic carbocycles. The first-order valence-corrected chi connectivity index (χ1v) is 9.93. The van der Waals surface area contributed by atoms with E-state index in [1.165, 1.54) is 6.92 Å². The van der Waals surface area contributed by atoms with Crippen LogP contribution in [0.5, 0.6) is 5.75 Å². The molecule has 2 heterocycles. The molecule has 1 aliphatic rings. The van der Waals surface area contributed by atoms with Gasteiger partial charge in [0.05, 0.1) is 17.9 Å². The number of benzene rings is 2. The molecule has 0 fully saturated rings. The van der Waals surface area contributed by atoms with Crippen molar-refractivity contribution in [3.8, 4) is 5.75 Å². The van der Waals surface area contributed by atoms with E-state index in [1.54, 1.807) is 23.0 Å². The Hall–Kier alpha value is -3.61. The van der Waals surface area contributed by atoms with Crippen LogP contribution in [0.3, 0.4) is 0 Å². The minimum Gasteiger partial charge on any atom is -0.466 e. The molecule has 0 saturated heterocycles. The summed E-state index contributed by atoms with van der Waals surface area (Å²) in [5.41, 5.74) is 0.930. The number of nitrogens with zero attached hydrogens (tertiary/aromatic N) is 2. The van der Waals surface area contributed by atoms with Gasteiger partial charge in [0.25, 0.3) is 17.4 Å². The summed E-state index contributed by atoms with van der Waals surface area (Å²) in [7, 11) is 0. The molecular formula is C23H24N4O3. The molecule has 0 saturated carbocycles. The molecule has 3 aromatic rings. The van der Waals surface area contributed by atoms with Gasteiger partial charge in [0.2, 0.25) is 0 Å². The zero-order valence-electron chi connectivity index (χ0n) is 17.2. The van der Waals surface area contributed by atoms with Gasteiger partial charge in [0, 0.05) is 6.07 Å². The van der Waals surface area contributed by atoms with Gasteiger partial charge >= 0.3 is 0 Å². The molecule has 0 bridgehead atoms. The third-order valence-electron chi connectivity index (χ3n) is 5.34. The van der Waals surface area contributed by atoms with Gasteiger partial charge in [-0.3, -0.25) is 9.59 Å². The van der Waals surface area contributed by atoms with Crippen molar-refractivity contribution in [1.82, 2.24) is 9.78 Å². The fraction of sp³-hybridized carbons (Fsp3) is 0.261. The molecule has 2 atom stereocenters. The van der Waals surface area contributed by atoms with Crippen molar-refractivity contribution in [2.24, 2.45) is 0 Å². The molecule has 2 amide bonds. The first-order valence-electron chi connectivity index (χ1n) is 9.93. The Balaban J connectivity index is 1.60. The highest BCUT2D eigenvalue weighted by molar-refractivity contribution is 6.18. The summed E-state index contributed by atoms with van der Waals surface area (Å²) in [6, 6.07) is 17.1. The van der Waals surface area contributed by atoms with E-state index in [-0.39, 0.29) is 6.04 Å². The van der Waals surface area contributed by atoms with Gasteiger partial charge in [-0.1, -0.05) is 43.3 Å². The predicted molar refractivity (Wildman–Crippen MR) is 115 cm³/mol. The summed E-state index contributed by atoms with van der Waals surface area (Å²) < 4.78 is 7.61. The second kappa shape index (κ2) is 7.67. The van der Waals surface area contributed by atoms with E-state index in [2.05, 4.69) is 22.7 Å². The number of hydrogen-bond donors (Lipinski definition) is 2. The maximum absolute atomic E-state index is 13.1. The Morgan fingerprint density at radius 1 is 1.23 bits per heavy atom. The molecule has 0 aliphatic carbocycles. The lowest BCUT2D eigenvalue weighted by Gasteiger charge is -2.33. The van der Waals surface area contributed by atoms with Crippen molar-refractivity contribution < 1.29 is 14.3 Å². The molecule has 4 rings (SSSR count). The highest BCUT2D eigenvalue weighted by Crippen LogP contribution is 2.35. The highest BCUT2D eigenvalue weighted by Gasteiger charge is 2.47. The zero-order chi connectivity index (χ0) is 21.3. The van der Waals surface area contributed by atoms with Crippen LogP contribution in [0, 0.1) is 6.92 Å². The van der Waals surface area contributed by atoms with Gasteiger partial charge in [-0.15, -0.1) is 0 Å². The average molecular weight is 404 g/mol. The average Bonchev–Trinajstić information content (AvgIpc) is 3.18. The predicted octanol–water partition coefficient (Wildman–Crippen LogP) is 3.92. The van der Waals surface area contributed by atoms with Crippen molar-refractivity contribution in [2.75, 3.05) is 10.6 Å². The second-order valence-electron chi connectivity index (χ2n) is 7.54. The third kappa shape index (κ3) is 3.43. The Morgan fingerprint density at radius 2 is 2.00 bits per heavy atom. The molecular weight excluding hydrogens is 380 g/mol. The third-order valence-corrected chi connectivity index (χ3v) is 5.34. The molecule has 0 spiro atoms. The van der Waals surface area contributed by atoms with Crippen LogP contribution >= 0.6 is 0 Å². The molecule has 7 heteroatoms. The number of aromatic nitrogens is 2. The molecule has 0 radical (unpaired) electrons. The molecule has 2 N–H and O–H groups in total. The van der Waals surface area contributed by atoms with Crippen LogP contribution in [-0.2, 0) is 9.59 Å². The van der Waals surface area contributed by atoms with Crippen LogP contribution < -0.4 is 15.4 Å². The fourth-order valence-electron chi connectivity index (χ4n) is 3.61. The van der Waals surface area contributed by atoms with Crippen molar-refractivity contribution in [1.29, 1.82) is 0 Å². The van der Waals surface area contributed by atoms with Crippen molar-refractivity contribution in [3.63, 3.8) is 0 Å². The van der Waals surface area contributed by atoms with E-state index in [0.29, 0.717) is 17.3 Å². The number of fused-ring (bicyclic) bond motifs is 1. The van der Waals surface area contributed by atoms with E-state index in [4.69, 9.17) is 4.74 Å². The summed E-state index contributed by atoms with van der Waals surface area (Å²) in [6.07, 6.45) is 2.42. The lowest BCUT2D eigenvalue weighted by Crippen LogP contribution is -2.56. The first kappa shape index (κ1) is 19.7. The van der Waals surface area contributed by atoms with Gasteiger partial charge in [-0.25, -0.2) is 4.68 Å². The summed E-state index contributed by atoms with van der Waals surface area (Å²) in [6.45, 7) is 5.45. The Kier molecular flexibility index (Phi) is 5.03. The van der Waals surface area contributed by atoms with Gasteiger partial charge in [0.1, 0.15) is 11.6 Å². The largest absolute Gasteiger partial charge is 0.466 e. The SMILES string of the molecule is CCC(c1ccccc1)n1nccc1NC(=O)C1(C)Oc2ccc(C)cc2NC1=O. The summed E-state index contributed by atoms with van der Waals surface area (Å²) in [4.78, 5) is 25.9. The van der Waals surface area contributed by atoms with E-state index >= 15 is 0 Å². The normalized spacial score (nSPS) is 18.7. The molecule has 1 aromatic heterocycles. The standard InChI is InChI=1S/C23H24N4O3/c1-4-18(16-8-6-5-7-9-16)27-20(12-13-24-27)26-22(29)23(3)21(28)25-17-14-15(2)10-11-19(17)30-23/h5-14,18H,4H2,1-3H3,(H,25,28)(H,26,29). The van der Waals surface area contributed by atoms with Crippen molar-refractivity contribution in [2.45, 2.75) is 38.8 Å². The van der Waals surface area contributed by atoms with Crippen molar-refractivity contribution in [3.05, 3.63) is 71.9 Å². The smallest absolute Gasteiger partial charge is 0.279 e. The number of ether oxygens (including phenoxy) is 1. The minimum absolute atomic E-state index is 0.0471. The van der Waals surface area contributed by atoms with E-state index in [0.717, 1.165) is 17.5 Å². The molecule has 2 unspecified atom stereocenters. The lowest BCUT2D eigenvalue weighted by molar-refractivity contribution is -0.143. The van der Waals surface area contributed by atoms with Crippen molar-refractivity contribution >= 4 is 23.3 Å². The maximum Gasteiger partial charge on any atom is 0.279 e. The number of rotatable bonds is 5. The lowest BCUT2D eigenvalue weighted by atomic mass is 10.0. The Bertz CT molecular complexity index is 1090. The van der Waals surface area contributed by atoms with E-state index in [9.17, 15) is 9.59 Å². The fourth-order valence-corrected chi connectivity index (χ4v) is 3.61. The number of hydrogen-bond acceptors (Lipinski definition) is 4. The van der Waals surface area contributed by atoms with E-state index < -0.39 is 17.4 Å². The monoisotopic (exact) mass is 404 g/mol. The molecule has 30 heavy (non-hydrogen) atoms. The zero-order valence-corrected chi connectivity index (χ0v) is 17.2. The number of carbonyl (C=O) groups excluding carboxylic acids is 2. The van der Waals surface area contributed by atoms with Crippen LogP contribution in [0.1, 0.15) is 37.4 Å². The number of carbonyl (C=O) groups is 2. The topological polar surface area (TPSA) is 85.2 Å². The number of aryl methyl sites for hydroxylation is 1. The van der Waals surface area contributed by atoms with Gasteiger partial charge in [0.15, 0.2) is 0 Å². The highest BCUT2D eigenvalue weighted by atomic mass is 16.5. The van der Waals surface area contributed by atoms with Crippen LogP contribution in [0.15, 0.2) is 60.8 Å². The number of anilines is 2. The van der Waals surface area contributed by atoms with Crippen LogP contribution in [0.2, 0.25) is 0 Å². The van der Waals surface area contributed by atoms with Gasteiger partial charge < -0.3 is 15.4 Å².